The van der Waals surface area contributed by atoms with Gasteiger partial charge in [0.25, 0.3) is 0 Å². The number of hydrogen-bond acceptors (Lipinski definition) is 2. The van der Waals surface area contributed by atoms with Crippen molar-refractivity contribution in [1.82, 2.24) is 0 Å². The molecule has 0 aliphatic heterocycles. The van der Waals surface area contributed by atoms with Gasteiger partial charge in [-0.25, -0.2) is 4.39 Å². The highest BCUT2D eigenvalue weighted by molar-refractivity contribution is 5.67. The summed E-state index contributed by atoms with van der Waals surface area (Å²) in [6, 6.07) is 14.9. The highest BCUT2D eigenvalue weighted by Crippen LogP contribution is 2.33. The van der Waals surface area contributed by atoms with E-state index in [0.29, 0.717) is 5.56 Å². The summed E-state index contributed by atoms with van der Waals surface area (Å²) in [6.07, 6.45) is 2.13. The lowest BCUT2D eigenvalue weighted by Gasteiger charge is -2.28. The van der Waals surface area contributed by atoms with Gasteiger partial charge in [-0.3, -0.25) is 0 Å². The van der Waals surface area contributed by atoms with Crippen LogP contribution in [0.1, 0.15) is 38.3 Å². The van der Waals surface area contributed by atoms with Crippen LogP contribution in [0.2, 0.25) is 0 Å². The summed E-state index contributed by atoms with van der Waals surface area (Å²) in [7, 11) is 0. The fraction of sp³-hybridized carbons (Fsp3) is 0.333. The summed E-state index contributed by atoms with van der Waals surface area (Å²) in [6.45, 7) is 4.83. The SMILES string of the molecule is CCCCN(c1ccccc1)c1cccc(F)c1C(C)N. The van der Waals surface area contributed by atoms with E-state index in [1.807, 2.05) is 43.3 Å². The third-order valence-corrected chi connectivity index (χ3v) is 3.58. The fourth-order valence-electron chi connectivity index (χ4n) is 2.52. The first kappa shape index (κ1) is 15.5. The third kappa shape index (κ3) is 3.61. The lowest BCUT2D eigenvalue weighted by molar-refractivity contribution is 0.593. The monoisotopic (exact) mass is 286 g/mol. The lowest BCUT2D eigenvalue weighted by atomic mass is 10.0. The van der Waals surface area contributed by atoms with Crippen LogP contribution in [0.4, 0.5) is 15.8 Å². The largest absolute Gasteiger partial charge is 0.341 e. The van der Waals surface area contributed by atoms with E-state index < -0.39 is 0 Å². The van der Waals surface area contributed by atoms with Gasteiger partial charge in [0.15, 0.2) is 0 Å². The van der Waals surface area contributed by atoms with Gasteiger partial charge in [-0.05, 0) is 37.6 Å². The Morgan fingerprint density at radius 3 is 2.43 bits per heavy atom. The summed E-state index contributed by atoms with van der Waals surface area (Å²) in [5, 5.41) is 0. The van der Waals surface area contributed by atoms with E-state index in [4.69, 9.17) is 5.73 Å². The highest BCUT2D eigenvalue weighted by atomic mass is 19.1. The van der Waals surface area contributed by atoms with Crippen LogP contribution >= 0.6 is 0 Å². The Labute approximate surface area is 126 Å². The molecule has 0 bridgehead atoms. The maximum atomic E-state index is 14.2. The first-order valence-electron chi connectivity index (χ1n) is 7.51. The molecular formula is C18H23FN2. The average molecular weight is 286 g/mol. The average Bonchev–Trinajstić information content (AvgIpc) is 2.48. The number of unbranched alkanes of at least 4 members (excludes halogenated alkanes) is 1. The predicted octanol–water partition coefficient (Wildman–Crippen LogP) is 4.78. The minimum absolute atomic E-state index is 0.236. The van der Waals surface area contributed by atoms with Crippen molar-refractivity contribution in [2.45, 2.75) is 32.7 Å². The second-order valence-electron chi connectivity index (χ2n) is 5.30. The van der Waals surface area contributed by atoms with Gasteiger partial charge in [-0.15, -0.1) is 0 Å². The Morgan fingerprint density at radius 1 is 1.10 bits per heavy atom. The number of hydrogen-bond donors (Lipinski definition) is 1. The zero-order valence-electron chi connectivity index (χ0n) is 12.7. The second-order valence-corrected chi connectivity index (χ2v) is 5.30. The Morgan fingerprint density at radius 2 is 1.81 bits per heavy atom. The molecule has 0 amide bonds. The van der Waals surface area contributed by atoms with Gasteiger partial charge in [0.05, 0.1) is 0 Å². The van der Waals surface area contributed by atoms with Crippen LogP contribution in [0, 0.1) is 5.82 Å². The van der Waals surface area contributed by atoms with Gasteiger partial charge < -0.3 is 10.6 Å². The zero-order chi connectivity index (χ0) is 15.2. The standard InChI is InChI=1S/C18H23FN2/c1-3-4-13-21(15-9-6-5-7-10-15)17-12-8-11-16(19)18(17)14(2)20/h5-12,14H,3-4,13,20H2,1-2H3. The number of nitrogens with zero attached hydrogens (tertiary/aromatic N) is 1. The van der Waals surface area contributed by atoms with Crippen LogP contribution in [0.25, 0.3) is 0 Å². The van der Waals surface area contributed by atoms with Crippen LogP contribution in [-0.2, 0) is 0 Å². The smallest absolute Gasteiger partial charge is 0.130 e. The molecule has 0 saturated carbocycles. The van der Waals surface area contributed by atoms with E-state index in [1.54, 1.807) is 6.07 Å². The summed E-state index contributed by atoms with van der Waals surface area (Å²) in [5.74, 6) is -0.236. The van der Waals surface area contributed by atoms with Crippen LogP contribution in [-0.4, -0.2) is 6.54 Å². The Bertz CT molecular complexity index is 567. The maximum Gasteiger partial charge on any atom is 0.130 e. The number of benzene rings is 2. The van der Waals surface area contributed by atoms with Crippen molar-refractivity contribution in [3.8, 4) is 0 Å². The lowest BCUT2D eigenvalue weighted by Crippen LogP contribution is -2.22. The van der Waals surface area contributed by atoms with Crippen molar-refractivity contribution in [1.29, 1.82) is 0 Å². The van der Waals surface area contributed by atoms with Crippen molar-refractivity contribution in [3.05, 3.63) is 59.9 Å². The van der Waals surface area contributed by atoms with Crippen molar-refractivity contribution in [2.24, 2.45) is 5.73 Å². The molecule has 2 aromatic carbocycles. The molecule has 0 saturated heterocycles. The molecule has 0 spiro atoms. The molecule has 2 N–H and O–H groups in total. The van der Waals surface area contributed by atoms with Gasteiger partial charge in [0.2, 0.25) is 0 Å². The molecule has 2 aromatic rings. The molecule has 0 aliphatic rings. The molecule has 1 atom stereocenters. The molecule has 2 rings (SSSR count). The third-order valence-electron chi connectivity index (χ3n) is 3.58. The van der Waals surface area contributed by atoms with E-state index in [-0.39, 0.29) is 11.9 Å². The highest BCUT2D eigenvalue weighted by Gasteiger charge is 2.18. The zero-order valence-corrected chi connectivity index (χ0v) is 12.7. The first-order chi connectivity index (χ1) is 10.1. The number of para-hydroxylation sites is 1. The van der Waals surface area contributed by atoms with Crippen molar-refractivity contribution < 1.29 is 4.39 Å². The van der Waals surface area contributed by atoms with Gasteiger partial charge in [-0.1, -0.05) is 37.6 Å². The Kier molecular flexibility index (Phi) is 5.34. The summed E-state index contributed by atoms with van der Waals surface area (Å²) in [5.41, 5.74) is 8.51. The van der Waals surface area contributed by atoms with Crippen LogP contribution in [0.3, 0.4) is 0 Å². The summed E-state index contributed by atoms with van der Waals surface area (Å²) in [4.78, 5) is 2.16. The molecule has 0 radical (unpaired) electrons. The minimum Gasteiger partial charge on any atom is -0.341 e. The van der Waals surface area contributed by atoms with E-state index in [2.05, 4.69) is 11.8 Å². The molecule has 1 unspecified atom stereocenters. The van der Waals surface area contributed by atoms with Crippen LogP contribution in [0.15, 0.2) is 48.5 Å². The van der Waals surface area contributed by atoms with Gasteiger partial charge in [0, 0.05) is 29.5 Å². The Hall–Kier alpha value is -1.87. The summed E-state index contributed by atoms with van der Waals surface area (Å²) < 4.78 is 14.2. The van der Waals surface area contributed by atoms with E-state index >= 15 is 0 Å². The van der Waals surface area contributed by atoms with Crippen LogP contribution < -0.4 is 10.6 Å². The maximum absolute atomic E-state index is 14.2. The molecule has 2 nitrogen and oxygen atoms in total. The molecule has 0 aromatic heterocycles. The molecule has 0 fully saturated rings. The second kappa shape index (κ2) is 7.23. The van der Waals surface area contributed by atoms with Gasteiger partial charge in [-0.2, -0.15) is 0 Å². The number of anilines is 2. The van der Waals surface area contributed by atoms with Crippen LogP contribution in [0.5, 0.6) is 0 Å². The van der Waals surface area contributed by atoms with E-state index in [1.165, 1.54) is 6.07 Å². The van der Waals surface area contributed by atoms with Gasteiger partial charge in [0.1, 0.15) is 5.82 Å². The van der Waals surface area contributed by atoms with E-state index in [0.717, 1.165) is 30.8 Å². The number of nitrogens with two attached hydrogens (primary N) is 1. The van der Waals surface area contributed by atoms with Crippen molar-refractivity contribution in [3.63, 3.8) is 0 Å². The normalized spacial score (nSPS) is 12.2. The first-order valence-corrected chi connectivity index (χ1v) is 7.51. The molecule has 3 heteroatoms. The molecule has 0 heterocycles. The summed E-state index contributed by atoms with van der Waals surface area (Å²) >= 11 is 0. The Balaban J connectivity index is 2.49. The van der Waals surface area contributed by atoms with Gasteiger partial charge >= 0.3 is 0 Å². The van der Waals surface area contributed by atoms with Crippen molar-refractivity contribution in [2.75, 3.05) is 11.4 Å². The molecule has 21 heavy (non-hydrogen) atoms. The number of halogens is 1. The number of rotatable bonds is 6. The van der Waals surface area contributed by atoms with Crippen molar-refractivity contribution >= 4 is 11.4 Å². The molecule has 112 valence electrons. The molecular weight excluding hydrogens is 263 g/mol. The van der Waals surface area contributed by atoms with E-state index in [9.17, 15) is 4.39 Å². The fourth-order valence-corrected chi connectivity index (χ4v) is 2.52. The predicted molar refractivity (Wildman–Crippen MR) is 87.4 cm³/mol. The quantitative estimate of drug-likeness (QED) is 0.827. The molecule has 0 aliphatic carbocycles. The minimum atomic E-state index is -0.339. The topological polar surface area (TPSA) is 29.3 Å².